The van der Waals surface area contributed by atoms with Crippen molar-refractivity contribution in [3.8, 4) is 0 Å². The van der Waals surface area contributed by atoms with Gasteiger partial charge in [-0.2, -0.15) is 0 Å². The number of aliphatic hydroxyl groups excluding tert-OH is 1. The Bertz CT molecular complexity index is 42.9. The largest absolute Gasteiger partial charge is 0.385 e. The maximum atomic E-state index is 8.05. The first-order valence-corrected chi connectivity index (χ1v) is 3.91. The van der Waals surface area contributed by atoms with Crippen LogP contribution in [0.2, 0.25) is 0 Å². The lowest BCUT2D eigenvalue weighted by Crippen LogP contribution is -1.86. The summed E-state index contributed by atoms with van der Waals surface area (Å²) in [5, 5.41) is 8.05. The Morgan fingerprint density at radius 2 is 2.20 bits per heavy atom. The van der Waals surface area contributed by atoms with Crippen LogP contribution >= 0.6 is 0 Å². The van der Waals surface area contributed by atoms with Crippen molar-refractivity contribution in [1.82, 2.24) is 0 Å². The minimum atomic E-state index is -0.184. The molecule has 0 saturated carbocycles. The molecule has 0 amide bonds. The fourth-order valence-electron chi connectivity index (χ4n) is 0. The summed E-state index contributed by atoms with van der Waals surface area (Å²) in [4.78, 5) is 0. The second kappa shape index (κ2) is 2.75. The van der Waals surface area contributed by atoms with E-state index >= 15 is 0 Å². The average molecular weight is 110 g/mol. The van der Waals surface area contributed by atoms with Crippen molar-refractivity contribution < 1.29 is 5.11 Å². The standard InChI is InChI=1S/C2H6OS2/c1-5(4)2-3/h3H,2H2,1H3. The number of hydrogen-bond acceptors (Lipinski definition) is 2. The molecule has 0 bridgehead atoms. The van der Waals surface area contributed by atoms with Gasteiger partial charge in [0.05, 0.1) is 5.94 Å². The first-order valence-electron chi connectivity index (χ1n) is 1.18. The molecule has 1 atom stereocenters. The third kappa shape index (κ3) is 4.53. The van der Waals surface area contributed by atoms with E-state index in [-0.39, 0.29) is 15.4 Å². The van der Waals surface area contributed by atoms with Gasteiger partial charge in [0.2, 0.25) is 0 Å². The van der Waals surface area contributed by atoms with Gasteiger partial charge < -0.3 is 5.11 Å². The van der Waals surface area contributed by atoms with E-state index in [0.717, 1.165) is 0 Å². The van der Waals surface area contributed by atoms with Gasteiger partial charge in [0.25, 0.3) is 0 Å². The smallest absolute Gasteiger partial charge is 0.0928 e. The molecule has 0 aliphatic heterocycles. The maximum Gasteiger partial charge on any atom is 0.0928 e. The summed E-state index contributed by atoms with van der Waals surface area (Å²) in [5.74, 6) is 0.148. The summed E-state index contributed by atoms with van der Waals surface area (Å²) in [6.07, 6.45) is 1.81. The first kappa shape index (κ1) is 5.53. The molecule has 0 aromatic heterocycles. The lowest BCUT2D eigenvalue weighted by Gasteiger charge is -1.79. The van der Waals surface area contributed by atoms with Crippen molar-refractivity contribution in [3.05, 3.63) is 0 Å². The second-order valence-electron chi connectivity index (χ2n) is 0.702. The summed E-state index contributed by atoms with van der Waals surface area (Å²) in [6, 6.07) is 0. The molecule has 3 heteroatoms. The zero-order valence-electron chi connectivity index (χ0n) is 2.97. The quantitative estimate of drug-likeness (QED) is 0.498. The fraction of sp³-hybridized carbons (Fsp3) is 1.00. The van der Waals surface area contributed by atoms with Crippen LogP contribution in [-0.2, 0) is 20.6 Å². The van der Waals surface area contributed by atoms with Gasteiger partial charge in [0.1, 0.15) is 0 Å². The number of aliphatic hydroxyl groups is 1. The predicted molar refractivity (Wildman–Crippen MR) is 27.7 cm³/mol. The highest BCUT2D eigenvalue weighted by Crippen LogP contribution is 1.62. The van der Waals surface area contributed by atoms with Gasteiger partial charge in [-0.05, 0) is 17.4 Å². The van der Waals surface area contributed by atoms with E-state index in [4.69, 9.17) is 5.11 Å². The molecule has 0 spiro atoms. The molecular weight excluding hydrogens is 104 g/mol. The van der Waals surface area contributed by atoms with Crippen LogP contribution in [0.1, 0.15) is 0 Å². The highest BCUT2D eigenvalue weighted by atomic mass is 32.8. The Balaban J connectivity index is 2.85. The number of rotatable bonds is 1. The van der Waals surface area contributed by atoms with Gasteiger partial charge in [-0.25, -0.2) is 0 Å². The molecule has 0 aromatic carbocycles. The van der Waals surface area contributed by atoms with Gasteiger partial charge in [0.15, 0.2) is 0 Å². The highest BCUT2D eigenvalue weighted by Gasteiger charge is 1.68. The van der Waals surface area contributed by atoms with E-state index in [1.54, 1.807) is 0 Å². The van der Waals surface area contributed by atoms with Crippen molar-refractivity contribution >= 4 is 20.6 Å². The van der Waals surface area contributed by atoms with Gasteiger partial charge >= 0.3 is 0 Å². The molecule has 32 valence electrons. The van der Waals surface area contributed by atoms with E-state index in [1.807, 2.05) is 6.26 Å². The Morgan fingerprint density at radius 1 is 2.00 bits per heavy atom. The van der Waals surface area contributed by atoms with Crippen molar-refractivity contribution in [1.29, 1.82) is 0 Å². The van der Waals surface area contributed by atoms with Crippen LogP contribution in [0.5, 0.6) is 0 Å². The normalized spacial score (nSPS) is 14.8. The molecule has 5 heavy (non-hydrogen) atoms. The van der Waals surface area contributed by atoms with E-state index in [2.05, 4.69) is 11.2 Å². The molecule has 0 aliphatic carbocycles. The summed E-state index contributed by atoms with van der Waals surface area (Å²) in [6.45, 7) is 0. The van der Waals surface area contributed by atoms with Crippen LogP contribution < -0.4 is 0 Å². The zero-order chi connectivity index (χ0) is 4.28. The fourth-order valence-corrected chi connectivity index (χ4v) is 0. The summed E-state index contributed by atoms with van der Waals surface area (Å²) in [5.41, 5.74) is 0. The maximum absolute atomic E-state index is 8.05. The van der Waals surface area contributed by atoms with Crippen LogP contribution in [-0.4, -0.2) is 17.3 Å². The molecule has 0 rings (SSSR count). The van der Waals surface area contributed by atoms with Crippen LogP contribution in [0.3, 0.4) is 0 Å². The zero-order valence-corrected chi connectivity index (χ0v) is 4.60. The molecule has 1 nitrogen and oxygen atoms in total. The van der Waals surface area contributed by atoms with E-state index in [0.29, 0.717) is 0 Å². The third-order valence-corrected chi connectivity index (χ3v) is 0.862. The number of hydrogen-bond donors (Lipinski definition) is 1. The molecule has 0 radical (unpaired) electrons. The van der Waals surface area contributed by atoms with Crippen LogP contribution in [0.4, 0.5) is 0 Å². The molecule has 0 saturated heterocycles. The predicted octanol–water partition coefficient (Wildman–Crippen LogP) is -0.354. The molecule has 0 heterocycles. The lowest BCUT2D eigenvalue weighted by atomic mass is 11.7. The molecule has 1 unspecified atom stereocenters. The monoisotopic (exact) mass is 110 g/mol. The summed E-state index contributed by atoms with van der Waals surface area (Å²) < 4.78 is 0. The van der Waals surface area contributed by atoms with E-state index in [9.17, 15) is 0 Å². The Labute approximate surface area is 38.6 Å². The van der Waals surface area contributed by atoms with Crippen molar-refractivity contribution in [3.63, 3.8) is 0 Å². The van der Waals surface area contributed by atoms with Crippen LogP contribution in [0, 0.1) is 0 Å². The Kier molecular flexibility index (Phi) is 3.04. The molecule has 0 aliphatic rings. The molecular formula is C2H6OS2. The van der Waals surface area contributed by atoms with E-state index < -0.39 is 0 Å². The van der Waals surface area contributed by atoms with E-state index in [1.165, 1.54) is 0 Å². The lowest BCUT2D eigenvalue weighted by molar-refractivity contribution is 0.374. The topological polar surface area (TPSA) is 20.2 Å². The average Bonchev–Trinajstić information content (AvgIpc) is 1.38. The Morgan fingerprint density at radius 3 is 2.20 bits per heavy atom. The summed E-state index contributed by atoms with van der Waals surface area (Å²) >= 11 is 4.56. The SMILES string of the molecule is CS(=S)CO. The minimum absolute atomic E-state index is 0.148. The molecule has 0 fully saturated rings. The van der Waals surface area contributed by atoms with Crippen LogP contribution in [0.15, 0.2) is 0 Å². The first-order chi connectivity index (χ1) is 2.27. The van der Waals surface area contributed by atoms with Crippen molar-refractivity contribution in [2.45, 2.75) is 0 Å². The minimum Gasteiger partial charge on any atom is -0.385 e. The molecule has 0 aromatic rings. The highest BCUT2D eigenvalue weighted by molar-refractivity contribution is 8.28. The van der Waals surface area contributed by atoms with Crippen LogP contribution in [0.25, 0.3) is 0 Å². The van der Waals surface area contributed by atoms with Gasteiger partial charge in [0, 0.05) is 0 Å². The van der Waals surface area contributed by atoms with Crippen molar-refractivity contribution in [2.75, 3.05) is 12.2 Å². The second-order valence-corrected chi connectivity index (χ2v) is 3.81. The summed E-state index contributed by atoms with van der Waals surface area (Å²) in [7, 11) is -0.184. The van der Waals surface area contributed by atoms with Gasteiger partial charge in [-0.1, -0.05) is 9.45 Å². The van der Waals surface area contributed by atoms with Crippen molar-refractivity contribution in [2.24, 2.45) is 0 Å². The molecule has 1 N–H and O–H groups in total. The third-order valence-electron chi connectivity index (χ3n) is 0.182. The van der Waals surface area contributed by atoms with Gasteiger partial charge in [-0.3, -0.25) is 0 Å². The Hall–Kier alpha value is 0.530. The van der Waals surface area contributed by atoms with Gasteiger partial charge in [-0.15, -0.1) is 0 Å².